The molecule has 0 fully saturated rings. The van der Waals surface area contributed by atoms with E-state index in [0.29, 0.717) is 24.3 Å². The number of halogens is 3. The number of carbonyl (C=O) groups is 1. The third-order valence-electron chi connectivity index (χ3n) is 4.09. The van der Waals surface area contributed by atoms with E-state index in [1.54, 1.807) is 51.1 Å². The second-order valence-corrected chi connectivity index (χ2v) is 10.8. The Morgan fingerprint density at radius 2 is 1.61 bits per heavy atom. The maximum absolute atomic E-state index is 11.9. The van der Waals surface area contributed by atoms with Crippen molar-refractivity contribution in [3.8, 4) is 5.75 Å². The first-order valence-corrected chi connectivity index (χ1v) is 13.2. The van der Waals surface area contributed by atoms with Crippen molar-refractivity contribution in [3.63, 3.8) is 0 Å². The highest BCUT2D eigenvalue weighted by Gasteiger charge is 2.27. The lowest BCUT2D eigenvalue weighted by Gasteiger charge is -2.10. The highest BCUT2D eigenvalue weighted by molar-refractivity contribution is 7.90. The number of hydrogen-bond donors (Lipinski definition) is 0. The number of allylic oxidation sites excluding steroid dienone is 2. The van der Waals surface area contributed by atoms with Gasteiger partial charge in [-0.25, -0.2) is 8.42 Å². The summed E-state index contributed by atoms with van der Waals surface area (Å²) >= 11 is 0. The van der Waals surface area contributed by atoms with Gasteiger partial charge in [0, 0.05) is 22.0 Å². The number of sulfone groups is 1. The molecule has 0 unspecified atom stereocenters. The molecule has 204 valence electrons. The zero-order valence-electron chi connectivity index (χ0n) is 22.0. The molecule has 0 spiro atoms. The van der Waals surface area contributed by atoms with Crippen molar-refractivity contribution in [2.75, 3.05) is 12.9 Å². The van der Waals surface area contributed by atoms with E-state index in [9.17, 15) is 26.4 Å². The van der Waals surface area contributed by atoms with Crippen LogP contribution in [0.25, 0.3) is 0 Å². The number of benzene rings is 2. The number of carbonyl (C=O) groups excluding carboxylic acids is 1. The quantitative estimate of drug-likeness (QED) is 0.328. The smallest absolute Gasteiger partial charge is 0.393 e. The molecule has 0 atom stereocenters. The van der Waals surface area contributed by atoms with E-state index < -0.39 is 22.4 Å². The largest absolute Gasteiger partial charge is 0.493 e. The Bertz CT molecular complexity index is 1140. The molecule has 0 N–H and O–H groups in total. The van der Waals surface area contributed by atoms with Crippen LogP contribution in [0.3, 0.4) is 0 Å². The Hall–Kier alpha value is -2.87. The van der Waals surface area contributed by atoms with Gasteiger partial charge in [0.15, 0.2) is 9.84 Å². The Labute approximate surface area is 216 Å². The molecule has 0 saturated heterocycles. The first-order chi connectivity index (χ1) is 16.4. The highest BCUT2D eigenvalue weighted by atomic mass is 32.2. The summed E-state index contributed by atoms with van der Waals surface area (Å²) in [6.45, 7) is 16.9. The summed E-state index contributed by atoms with van der Waals surface area (Å²) in [6.07, 6.45) is -3.23. The van der Waals surface area contributed by atoms with Crippen LogP contribution in [0.1, 0.15) is 53.7 Å². The molecule has 0 amide bonds. The predicted molar refractivity (Wildman–Crippen MR) is 145 cm³/mol. The number of Topliss-reactive ketones (excluding diaryl/α,β-unsaturated/α-hetero) is 1. The number of ketones is 1. The van der Waals surface area contributed by atoms with Crippen molar-refractivity contribution in [3.05, 3.63) is 83.5 Å². The maximum Gasteiger partial charge on any atom is 0.393 e. The van der Waals surface area contributed by atoms with Gasteiger partial charge in [0.25, 0.3) is 0 Å². The lowest BCUT2D eigenvalue weighted by molar-refractivity contribution is -0.127. The van der Waals surface area contributed by atoms with Crippen LogP contribution in [0.4, 0.5) is 13.2 Å². The van der Waals surface area contributed by atoms with Crippen molar-refractivity contribution in [2.24, 2.45) is 0 Å². The number of alkyl halides is 3. The topological polar surface area (TPSA) is 60.4 Å². The van der Waals surface area contributed by atoms with E-state index in [4.69, 9.17) is 4.74 Å². The Morgan fingerprint density at radius 1 is 1.03 bits per heavy atom. The molecule has 0 aliphatic carbocycles. The van der Waals surface area contributed by atoms with Crippen molar-refractivity contribution in [1.82, 2.24) is 0 Å². The predicted octanol–water partition coefficient (Wildman–Crippen LogP) is 7.74. The van der Waals surface area contributed by atoms with Crippen molar-refractivity contribution in [1.29, 1.82) is 0 Å². The molecule has 0 aliphatic heterocycles. The normalized spacial score (nSPS) is 10.8. The fourth-order valence-electron chi connectivity index (χ4n) is 2.92. The molecular weight excluding hydrogens is 489 g/mol. The SMILES string of the molecule is C=C(C)C.C=C(C)CC(=O)Cc1ccc(S(C)(=O)=O)c(OCC)c1.Cc1cccc(CC(F)(F)F)c1.[HH].[HH]. The molecule has 2 aromatic rings. The van der Waals surface area contributed by atoms with E-state index in [1.807, 2.05) is 13.8 Å². The molecule has 0 aromatic heterocycles. The van der Waals surface area contributed by atoms with Crippen LogP contribution in [0, 0.1) is 6.92 Å². The van der Waals surface area contributed by atoms with Crippen molar-refractivity contribution in [2.45, 2.75) is 65.0 Å². The average molecular weight is 531 g/mol. The molecule has 0 aliphatic rings. The van der Waals surface area contributed by atoms with Gasteiger partial charge >= 0.3 is 6.18 Å². The van der Waals surface area contributed by atoms with Gasteiger partial charge in [0.2, 0.25) is 0 Å². The van der Waals surface area contributed by atoms with Gasteiger partial charge in [-0.3, -0.25) is 4.79 Å². The van der Waals surface area contributed by atoms with E-state index in [-0.39, 0.29) is 20.0 Å². The molecule has 0 saturated carbocycles. The van der Waals surface area contributed by atoms with Crippen molar-refractivity contribution < 1.29 is 34.0 Å². The standard InChI is InChI=1S/C15H20O4S.C9H9F3.C4H8.2H2/c1-5-19-14-10-12(9-13(16)8-11(2)3)6-7-15(14)20(4,17)18;1-7-3-2-4-8(5-7)6-9(10,11)12;1-4(2)3;;/h6-7,10H,2,5,8-9H2,1,3-4H3;2-5H,6H2,1H3;1H2,2-3H3;2*1H. The minimum Gasteiger partial charge on any atom is -0.493 e. The summed E-state index contributed by atoms with van der Waals surface area (Å²) in [4.78, 5) is 11.9. The summed E-state index contributed by atoms with van der Waals surface area (Å²) in [5.41, 5.74) is 3.90. The first kappa shape index (κ1) is 33.1. The van der Waals surface area contributed by atoms with E-state index >= 15 is 0 Å². The zero-order chi connectivity index (χ0) is 28.1. The van der Waals surface area contributed by atoms with Gasteiger partial charge in [0.05, 0.1) is 13.0 Å². The summed E-state index contributed by atoms with van der Waals surface area (Å²) in [7, 11) is -3.34. The molecule has 36 heavy (non-hydrogen) atoms. The lowest BCUT2D eigenvalue weighted by atomic mass is 10.0. The second-order valence-electron chi connectivity index (χ2n) is 8.82. The summed E-state index contributed by atoms with van der Waals surface area (Å²) in [6, 6.07) is 11.2. The van der Waals surface area contributed by atoms with Crippen LogP contribution >= 0.6 is 0 Å². The van der Waals surface area contributed by atoms with Crippen LogP contribution in [-0.4, -0.2) is 33.2 Å². The van der Waals surface area contributed by atoms with E-state index in [0.717, 1.165) is 23.0 Å². The van der Waals surface area contributed by atoms with Gasteiger partial charge in [-0.1, -0.05) is 53.6 Å². The molecule has 2 aromatic carbocycles. The third-order valence-corrected chi connectivity index (χ3v) is 5.23. The monoisotopic (exact) mass is 530 g/mol. The fourth-order valence-corrected chi connectivity index (χ4v) is 3.72. The summed E-state index contributed by atoms with van der Waals surface area (Å²) in [5.74, 6) is 0.350. The second kappa shape index (κ2) is 15.3. The first-order valence-electron chi connectivity index (χ1n) is 11.3. The Kier molecular flexibility index (Phi) is 14.1. The highest BCUT2D eigenvalue weighted by Crippen LogP contribution is 2.26. The zero-order valence-corrected chi connectivity index (χ0v) is 22.8. The van der Waals surface area contributed by atoms with E-state index in [1.165, 1.54) is 17.7 Å². The van der Waals surface area contributed by atoms with Crippen molar-refractivity contribution >= 4 is 15.6 Å². The molecule has 0 radical (unpaired) electrons. The van der Waals surface area contributed by atoms with Crippen LogP contribution in [0.2, 0.25) is 0 Å². The number of hydrogen-bond acceptors (Lipinski definition) is 4. The van der Waals surface area contributed by atoms with Gasteiger partial charge < -0.3 is 4.74 Å². The lowest BCUT2D eigenvalue weighted by Crippen LogP contribution is -2.11. The molecular formula is C28H41F3O4S. The van der Waals surface area contributed by atoms with Gasteiger partial charge in [-0.15, -0.1) is 6.58 Å². The minimum atomic E-state index is -4.10. The van der Waals surface area contributed by atoms with Gasteiger partial charge in [0.1, 0.15) is 16.4 Å². The summed E-state index contributed by atoms with van der Waals surface area (Å²) in [5, 5.41) is 0. The Balaban J connectivity index is -0.000000581. The van der Waals surface area contributed by atoms with E-state index in [2.05, 4.69) is 13.2 Å². The van der Waals surface area contributed by atoms with Gasteiger partial charge in [-0.05, 0) is 57.9 Å². The molecule has 0 bridgehead atoms. The van der Waals surface area contributed by atoms with Gasteiger partial charge in [-0.2, -0.15) is 13.2 Å². The molecule has 4 nitrogen and oxygen atoms in total. The fraction of sp³-hybridized carbons (Fsp3) is 0.393. The minimum absolute atomic E-state index is 0. The molecule has 8 heteroatoms. The maximum atomic E-state index is 11.9. The van der Waals surface area contributed by atoms with Crippen LogP contribution in [-0.2, 0) is 27.5 Å². The average Bonchev–Trinajstić information content (AvgIpc) is 2.65. The number of aryl methyl sites for hydroxylation is 1. The number of rotatable bonds is 8. The number of ether oxygens (including phenoxy) is 1. The van der Waals surface area contributed by atoms with Crippen LogP contribution in [0.15, 0.2) is 71.7 Å². The molecule has 0 heterocycles. The Morgan fingerprint density at radius 3 is 2.06 bits per heavy atom. The van der Waals surface area contributed by atoms with Crippen LogP contribution in [0.5, 0.6) is 5.75 Å². The molecule has 2 rings (SSSR count). The van der Waals surface area contributed by atoms with Crippen LogP contribution < -0.4 is 4.74 Å². The summed E-state index contributed by atoms with van der Waals surface area (Å²) < 4.78 is 64.3. The third kappa shape index (κ3) is 15.9.